The Labute approximate surface area is 162 Å². The molecule has 7 nitrogen and oxygen atoms in total. The predicted molar refractivity (Wildman–Crippen MR) is 104 cm³/mol. The van der Waals surface area contributed by atoms with Gasteiger partial charge in [0.25, 0.3) is 0 Å². The molecule has 0 unspecified atom stereocenters. The number of halogens is 3. The number of hydrogen-bond acceptors (Lipinski definition) is 6. The molecule has 0 spiro atoms. The number of carbonyl (C=O) groups excluding carboxylic acids is 1. The molecule has 2 rings (SSSR count). The number of anilines is 1. The van der Waals surface area contributed by atoms with Gasteiger partial charge in [-0.3, -0.25) is 9.69 Å². The Morgan fingerprint density at radius 1 is 1.12 bits per heavy atom. The molecule has 0 aromatic carbocycles. The van der Waals surface area contributed by atoms with E-state index in [1.807, 2.05) is 6.07 Å². The SMILES string of the molecule is Cl.Cl.Cl.NCCCC(=O)NCCN1CCN(c2ncccn2)CC1. The zero-order valence-corrected chi connectivity index (χ0v) is 16.0. The molecule has 1 aromatic heterocycles. The highest BCUT2D eigenvalue weighted by atomic mass is 35.5. The fourth-order valence-electron chi connectivity index (χ4n) is 2.33. The highest BCUT2D eigenvalue weighted by Gasteiger charge is 2.18. The highest BCUT2D eigenvalue weighted by molar-refractivity contribution is 5.86. The van der Waals surface area contributed by atoms with Gasteiger partial charge in [-0.1, -0.05) is 0 Å². The van der Waals surface area contributed by atoms with Gasteiger partial charge < -0.3 is 16.0 Å². The third-order valence-corrected chi connectivity index (χ3v) is 3.57. The Morgan fingerprint density at radius 3 is 2.33 bits per heavy atom. The van der Waals surface area contributed by atoms with E-state index in [1.54, 1.807) is 12.4 Å². The van der Waals surface area contributed by atoms with Gasteiger partial charge in [0.1, 0.15) is 0 Å². The number of piperazine rings is 1. The summed E-state index contributed by atoms with van der Waals surface area (Å²) in [6.45, 7) is 5.93. The monoisotopic (exact) mass is 400 g/mol. The van der Waals surface area contributed by atoms with Gasteiger partial charge in [-0.05, 0) is 19.0 Å². The quantitative estimate of drug-likeness (QED) is 0.700. The molecule has 1 aliphatic heterocycles. The summed E-state index contributed by atoms with van der Waals surface area (Å²) in [5.41, 5.74) is 5.38. The van der Waals surface area contributed by atoms with Gasteiger partial charge in [0.15, 0.2) is 0 Å². The lowest BCUT2D eigenvalue weighted by Crippen LogP contribution is -2.49. The average Bonchev–Trinajstić information content (AvgIpc) is 2.54. The van der Waals surface area contributed by atoms with Crippen LogP contribution >= 0.6 is 37.2 Å². The molecule has 140 valence electrons. The molecule has 24 heavy (non-hydrogen) atoms. The maximum atomic E-state index is 11.5. The summed E-state index contributed by atoms with van der Waals surface area (Å²) < 4.78 is 0. The van der Waals surface area contributed by atoms with Gasteiger partial charge in [0.05, 0.1) is 0 Å². The Balaban J connectivity index is 0. The van der Waals surface area contributed by atoms with Crippen LogP contribution in [0.1, 0.15) is 12.8 Å². The third-order valence-electron chi connectivity index (χ3n) is 3.57. The normalized spacial score (nSPS) is 14.0. The second-order valence-corrected chi connectivity index (χ2v) is 5.12. The Bertz CT molecular complexity index is 432. The summed E-state index contributed by atoms with van der Waals surface area (Å²) in [5, 5.41) is 2.93. The van der Waals surface area contributed by atoms with Crippen molar-refractivity contribution in [2.75, 3.05) is 50.7 Å². The van der Waals surface area contributed by atoms with Crippen LogP contribution in [0, 0.1) is 0 Å². The van der Waals surface area contributed by atoms with Crippen LogP contribution in [0.15, 0.2) is 18.5 Å². The summed E-state index contributed by atoms with van der Waals surface area (Å²) in [6.07, 6.45) is 4.81. The number of aromatic nitrogens is 2. The second kappa shape index (κ2) is 14.5. The van der Waals surface area contributed by atoms with E-state index in [-0.39, 0.29) is 43.1 Å². The lowest BCUT2D eigenvalue weighted by atomic mass is 10.3. The van der Waals surface area contributed by atoms with Crippen molar-refractivity contribution in [2.24, 2.45) is 5.73 Å². The summed E-state index contributed by atoms with van der Waals surface area (Å²) in [6, 6.07) is 1.83. The topological polar surface area (TPSA) is 87.4 Å². The molecule has 0 saturated carbocycles. The minimum atomic E-state index is 0. The number of nitrogens with one attached hydrogen (secondary N) is 1. The Morgan fingerprint density at radius 2 is 1.75 bits per heavy atom. The molecule has 0 bridgehead atoms. The van der Waals surface area contributed by atoms with Crippen molar-refractivity contribution in [3.63, 3.8) is 0 Å². The van der Waals surface area contributed by atoms with Crippen LogP contribution in [0.2, 0.25) is 0 Å². The average molecular weight is 402 g/mol. The lowest BCUT2D eigenvalue weighted by molar-refractivity contribution is -0.121. The van der Waals surface area contributed by atoms with Crippen molar-refractivity contribution in [1.82, 2.24) is 20.2 Å². The van der Waals surface area contributed by atoms with E-state index in [9.17, 15) is 4.79 Å². The number of nitrogens with two attached hydrogens (primary N) is 1. The van der Waals surface area contributed by atoms with E-state index in [1.165, 1.54) is 0 Å². The molecular formula is C14H27Cl3N6O. The zero-order chi connectivity index (χ0) is 14.9. The van der Waals surface area contributed by atoms with Gasteiger partial charge in [-0.2, -0.15) is 0 Å². The minimum absolute atomic E-state index is 0. The highest BCUT2D eigenvalue weighted by Crippen LogP contribution is 2.08. The molecule has 1 saturated heterocycles. The number of rotatable bonds is 7. The molecule has 0 radical (unpaired) electrons. The number of amides is 1. The molecule has 2 heterocycles. The van der Waals surface area contributed by atoms with Crippen molar-refractivity contribution in [3.05, 3.63) is 18.5 Å². The lowest BCUT2D eigenvalue weighted by Gasteiger charge is -2.34. The molecule has 1 fully saturated rings. The number of hydrogen-bond donors (Lipinski definition) is 2. The fourth-order valence-corrected chi connectivity index (χ4v) is 2.33. The van der Waals surface area contributed by atoms with Crippen LogP contribution in [0.25, 0.3) is 0 Å². The first-order valence-corrected chi connectivity index (χ1v) is 7.50. The molecule has 10 heteroatoms. The van der Waals surface area contributed by atoms with E-state index >= 15 is 0 Å². The molecule has 3 N–H and O–H groups in total. The fraction of sp³-hybridized carbons (Fsp3) is 0.643. The van der Waals surface area contributed by atoms with E-state index in [2.05, 4.69) is 25.1 Å². The van der Waals surface area contributed by atoms with E-state index in [0.717, 1.165) is 45.1 Å². The van der Waals surface area contributed by atoms with Crippen LogP contribution in [0.4, 0.5) is 5.95 Å². The first-order valence-electron chi connectivity index (χ1n) is 7.50. The van der Waals surface area contributed by atoms with E-state index in [0.29, 0.717) is 19.5 Å². The van der Waals surface area contributed by atoms with Gasteiger partial charge >= 0.3 is 0 Å². The number of carbonyl (C=O) groups is 1. The molecule has 0 atom stereocenters. The summed E-state index contributed by atoms with van der Waals surface area (Å²) >= 11 is 0. The van der Waals surface area contributed by atoms with Gasteiger partial charge in [-0.25, -0.2) is 9.97 Å². The molecular weight excluding hydrogens is 375 g/mol. The first kappa shape index (κ1) is 25.4. The first-order chi connectivity index (χ1) is 10.3. The Hall–Kier alpha value is -0.860. The minimum Gasteiger partial charge on any atom is -0.355 e. The maximum absolute atomic E-state index is 11.5. The number of nitrogens with zero attached hydrogens (tertiary/aromatic N) is 4. The third kappa shape index (κ3) is 8.84. The second-order valence-electron chi connectivity index (χ2n) is 5.12. The molecule has 1 aromatic rings. The van der Waals surface area contributed by atoms with Gasteiger partial charge in [0, 0.05) is 58.1 Å². The van der Waals surface area contributed by atoms with Crippen molar-refractivity contribution in [3.8, 4) is 0 Å². The predicted octanol–water partition coefficient (Wildman–Crippen LogP) is 0.719. The van der Waals surface area contributed by atoms with Crippen molar-refractivity contribution >= 4 is 49.1 Å². The van der Waals surface area contributed by atoms with Crippen molar-refractivity contribution < 1.29 is 4.79 Å². The van der Waals surface area contributed by atoms with Crippen molar-refractivity contribution in [1.29, 1.82) is 0 Å². The maximum Gasteiger partial charge on any atom is 0.225 e. The van der Waals surface area contributed by atoms with Crippen LogP contribution in [0.5, 0.6) is 0 Å². The van der Waals surface area contributed by atoms with Crippen LogP contribution < -0.4 is 16.0 Å². The smallest absolute Gasteiger partial charge is 0.225 e. The van der Waals surface area contributed by atoms with Gasteiger partial charge in [-0.15, -0.1) is 37.2 Å². The molecule has 1 aliphatic rings. The van der Waals surface area contributed by atoms with Crippen LogP contribution in [-0.4, -0.2) is 66.6 Å². The van der Waals surface area contributed by atoms with E-state index in [4.69, 9.17) is 5.73 Å². The van der Waals surface area contributed by atoms with Crippen LogP contribution in [0.3, 0.4) is 0 Å². The summed E-state index contributed by atoms with van der Waals surface area (Å²) in [7, 11) is 0. The summed E-state index contributed by atoms with van der Waals surface area (Å²) in [5.74, 6) is 0.893. The van der Waals surface area contributed by atoms with Gasteiger partial charge in [0.2, 0.25) is 11.9 Å². The summed E-state index contributed by atoms with van der Waals surface area (Å²) in [4.78, 5) is 24.6. The van der Waals surface area contributed by atoms with Crippen LogP contribution in [-0.2, 0) is 4.79 Å². The zero-order valence-electron chi connectivity index (χ0n) is 13.6. The standard InChI is InChI=1S/C14H24N6O.3ClH/c15-4-1-3-13(21)16-7-8-19-9-11-20(12-10-19)14-17-5-2-6-18-14;;;/h2,5-6H,1,3-4,7-12,15H2,(H,16,21);3*1H. The molecule has 1 amide bonds. The van der Waals surface area contributed by atoms with Crippen molar-refractivity contribution in [2.45, 2.75) is 12.8 Å². The molecule has 0 aliphatic carbocycles. The van der Waals surface area contributed by atoms with E-state index < -0.39 is 0 Å². The Kier molecular flexibility index (Phi) is 15.3. The largest absolute Gasteiger partial charge is 0.355 e.